The van der Waals surface area contributed by atoms with Gasteiger partial charge in [-0.05, 0) is 13.8 Å². The Kier molecular flexibility index (Phi) is 0.855. The predicted octanol–water partition coefficient (Wildman–Crippen LogP) is 1.27. The number of imidazole rings is 1. The summed E-state index contributed by atoms with van der Waals surface area (Å²) in [5.74, 6) is 0.984. The molecule has 0 spiro atoms. The fourth-order valence-corrected chi connectivity index (χ4v) is 0.544. The molecule has 0 aliphatic carbocycles. The summed E-state index contributed by atoms with van der Waals surface area (Å²) in [6.45, 7) is 3.92. The second kappa shape index (κ2) is 1.37. The Hall–Kier alpha value is -0.790. The summed E-state index contributed by atoms with van der Waals surface area (Å²) in [6.07, 6.45) is 1.81. The minimum absolute atomic E-state index is 0. The minimum atomic E-state index is 0. The van der Waals surface area contributed by atoms with Crippen LogP contribution >= 0.6 is 0 Å². The van der Waals surface area contributed by atoms with Gasteiger partial charge in [0.1, 0.15) is 5.82 Å². The fourth-order valence-electron chi connectivity index (χ4n) is 0.544. The van der Waals surface area contributed by atoms with Crippen molar-refractivity contribution < 1.29 is 1.43 Å². The third kappa shape index (κ3) is 0.796. The molecule has 1 rings (SSSR count). The summed E-state index contributed by atoms with van der Waals surface area (Å²) in [5.41, 5.74) is 1.12. The molecule has 2 nitrogen and oxygen atoms in total. The fraction of sp³-hybridized carbons (Fsp3) is 0.400. The first kappa shape index (κ1) is 4.37. The molecule has 1 aromatic rings. The molecule has 1 N–H and O–H groups in total. The Morgan fingerprint density at radius 1 is 1.71 bits per heavy atom. The van der Waals surface area contributed by atoms with Gasteiger partial charge >= 0.3 is 0 Å². The Bertz CT molecular complexity index is 143. The highest BCUT2D eigenvalue weighted by Gasteiger charge is 1.83. The van der Waals surface area contributed by atoms with Crippen LogP contribution in [0.2, 0.25) is 0 Å². The van der Waals surface area contributed by atoms with Gasteiger partial charge in [-0.15, -0.1) is 0 Å². The smallest absolute Gasteiger partial charge is 0.103 e. The van der Waals surface area contributed by atoms with Crippen LogP contribution in [0.4, 0.5) is 0 Å². The molecule has 40 valence electrons. The standard InChI is InChI=1S/C5H8N2.H2/c1-4-3-6-5(2)7-4;/h3H,1-2H3,(H,6,7);1H. The van der Waals surface area contributed by atoms with Crippen molar-refractivity contribution in [1.82, 2.24) is 9.97 Å². The van der Waals surface area contributed by atoms with Gasteiger partial charge in [-0.3, -0.25) is 0 Å². The quantitative estimate of drug-likeness (QED) is 0.520. The lowest BCUT2D eigenvalue weighted by molar-refractivity contribution is 1.13. The summed E-state index contributed by atoms with van der Waals surface area (Å²) in [6, 6.07) is 0. The van der Waals surface area contributed by atoms with Gasteiger partial charge in [-0.25, -0.2) is 4.98 Å². The van der Waals surface area contributed by atoms with Gasteiger partial charge in [0.25, 0.3) is 0 Å². The first-order valence-electron chi connectivity index (χ1n) is 2.27. The zero-order valence-corrected chi connectivity index (χ0v) is 4.52. The molecule has 0 aromatic carbocycles. The molecule has 0 radical (unpaired) electrons. The van der Waals surface area contributed by atoms with Crippen molar-refractivity contribution in [3.8, 4) is 0 Å². The molecule has 0 amide bonds. The van der Waals surface area contributed by atoms with Gasteiger partial charge in [-0.2, -0.15) is 0 Å². The number of aromatic amines is 1. The Morgan fingerprint density at radius 3 is 2.57 bits per heavy atom. The molecule has 0 saturated carbocycles. The van der Waals surface area contributed by atoms with Crippen LogP contribution in [0, 0.1) is 13.8 Å². The van der Waals surface area contributed by atoms with Crippen LogP contribution in [0.25, 0.3) is 0 Å². The van der Waals surface area contributed by atoms with E-state index >= 15 is 0 Å². The third-order valence-corrected chi connectivity index (χ3v) is 0.830. The number of H-pyrrole nitrogens is 1. The molecule has 2 heteroatoms. The number of nitrogens with one attached hydrogen (secondary N) is 1. The van der Waals surface area contributed by atoms with Crippen LogP contribution in [-0.2, 0) is 0 Å². The van der Waals surface area contributed by atoms with Gasteiger partial charge in [0, 0.05) is 13.3 Å². The summed E-state index contributed by atoms with van der Waals surface area (Å²) in [5, 5.41) is 0. The van der Waals surface area contributed by atoms with Crippen LogP contribution in [0.5, 0.6) is 0 Å². The van der Waals surface area contributed by atoms with E-state index in [9.17, 15) is 0 Å². The zero-order chi connectivity index (χ0) is 5.28. The molecule has 0 aliphatic rings. The highest BCUT2D eigenvalue weighted by molar-refractivity contribution is 4.95. The number of aryl methyl sites for hydroxylation is 2. The minimum Gasteiger partial charge on any atom is -0.346 e. The van der Waals surface area contributed by atoms with Crippen molar-refractivity contribution in [1.29, 1.82) is 0 Å². The van der Waals surface area contributed by atoms with E-state index < -0.39 is 0 Å². The molecule has 0 unspecified atom stereocenters. The largest absolute Gasteiger partial charge is 0.346 e. The molecule has 1 heterocycles. The van der Waals surface area contributed by atoms with Crippen LogP contribution < -0.4 is 0 Å². The first-order valence-corrected chi connectivity index (χ1v) is 2.27. The van der Waals surface area contributed by atoms with Crippen molar-refractivity contribution in [2.75, 3.05) is 0 Å². The normalized spacial score (nSPS) is 9.43. The van der Waals surface area contributed by atoms with E-state index in [0.29, 0.717) is 0 Å². The lowest BCUT2D eigenvalue weighted by Gasteiger charge is -1.74. The van der Waals surface area contributed by atoms with Crippen molar-refractivity contribution >= 4 is 0 Å². The van der Waals surface area contributed by atoms with Crippen molar-refractivity contribution in [3.63, 3.8) is 0 Å². The SMILES string of the molecule is Cc1cnc(C)[nH]1.[HH]. The maximum absolute atomic E-state index is 3.96. The molecule has 0 atom stereocenters. The zero-order valence-electron chi connectivity index (χ0n) is 4.52. The summed E-state index contributed by atoms with van der Waals surface area (Å²) >= 11 is 0. The lowest BCUT2D eigenvalue weighted by atomic mass is 10.6. The van der Waals surface area contributed by atoms with Gasteiger partial charge < -0.3 is 4.98 Å². The number of rotatable bonds is 0. The summed E-state index contributed by atoms with van der Waals surface area (Å²) < 4.78 is 0. The molecule has 7 heavy (non-hydrogen) atoms. The van der Waals surface area contributed by atoms with Crippen molar-refractivity contribution in [2.24, 2.45) is 0 Å². The van der Waals surface area contributed by atoms with Gasteiger partial charge in [0.05, 0.1) is 0 Å². The molecular formula is C5H10N2. The van der Waals surface area contributed by atoms with Crippen LogP contribution in [0.3, 0.4) is 0 Å². The first-order chi connectivity index (χ1) is 3.29. The molecule has 0 fully saturated rings. The second-order valence-electron chi connectivity index (χ2n) is 1.65. The van der Waals surface area contributed by atoms with Crippen LogP contribution in [-0.4, -0.2) is 9.97 Å². The summed E-state index contributed by atoms with van der Waals surface area (Å²) in [7, 11) is 0. The van der Waals surface area contributed by atoms with Gasteiger partial charge in [-0.1, -0.05) is 0 Å². The van der Waals surface area contributed by atoms with E-state index in [0.717, 1.165) is 11.5 Å². The Balaban J connectivity index is 0.000000490. The molecule has 0 saturated heterocycles. The molecule has 0 bridgehead atoms. The molecule has 1 aromatic heterocycles. The topological polar surface area (TPSA) is 28.7 Å². The van der Waals surface area contributed by atoms with E-state index in [2.05, 4.69) is 9.97 Å². The maximum Gasteiger partial charge on any atom is 0.103 e. The maximum atomic E-state index is 3.96. The van der Waals surface area contributed by atoms with Gasteiger partial charge in [0.15, 0.2) is 0 Å². The summed E-state index contributed by atoms with van der Waals surface area (Å²) in [4.78, 5) is 6.99. The number of nitrogens with zero attached hydrogens (tertiary/aromatic N) is 1. The van der Waals surface area contributed by atoms with Crippen molar-refractivity contribution in [3.05, 3.63) is 17.7 Å². The van der Waals surface area contributed by atoms with E-state index in [1.54, 1.807) is 0 Å². The van der Waals surface area contributed by atoms with E-state index in [1.165, 1.54) is 0 Å². The van der Waals surface area contributed by atoms with Crippen LogP contribution in [0.1, 0.15) is 12.9 Å². The van der Waals surface area contributed by atoms with E-state index in [1.807, 2.05) is 20.0 Å². The average Bonchev–Trinajstić information content (AvgIpc) is 1.87. The highest BCUT2D eigenvalue weighted by atomic mass is 14.9. The Labute approximate surface area is 44.1 Å². The average molecular weight is 98.1 g/mol. The van der Waals surface area contributed by atoms with E-state index in [-0.39, 0.29) is 1.43 Å². The van der Waals surface area contributed by atoms with E-state index in [4.69, 9.17) is 0 Å². The number of hydrogen-bond acceptors (Lipinski definition) is 1. The monoisotopic (exact) mass is 98.1 g/mol. The second-order valence-corrected chi connectivity index (χ2v) is 1.65. The number of hydrogen-bond donors (Lipinski definition) is 1. The molecule has 0 aliphatic heterocycles. The predicted molar refractivity (Wildman–Crippen MR) is 30.2 cm³/mol. The third-order valence-electron chi connectivity index (χ3n) is 0.830. The molecular weight excluding hydrogens is 88.1 g/mol. The lowest BCUT2D eigenvalue weighted by Crippen LogP contribution is -1.70. The van der Waals surface area contributed by atoms with Crippen LogP contribution in [0.15, 0.2) is 6.20 Å². The number of aromatic nitrogens is 2. The van der Waals surface area contributed by atoms with Gasteiger partial charge in [0.2, 0.25) is 0 Å². The Morgan fingerprint density at radius 2 is 2.43 bits per heavy atom. The highest BCUT2D eigenvalue weighted by Crippen LogP contribution is 1.89. The van der Waals surface area contributed by atoms with Crippen molar-refractivity contribution in [2.45, 2.75) is 13.8 Å².